The van der Waals surface area contributed by atoms with Crippen molar-refractivity contribution in [2.75, 3.05) is 6.54 Å². The minimum Gasteiger partial charge on any atom is -0.444 e. The zero-order valence-electron chi connectivity index (χ0n) is 14.1. The zero-order chi connectivity index (χ0) is 16.8. The second kappa shape index (κ2) is 8.39. The van der Waals surface area contributed by atoms with E-state index >= 15 is 0 Å². The van der Waals surface area contributed by atoms with Crippen molar-refractivity contribution in [1.82, 2.24) is 10.6 Å². The normalized spacial score (nSPS) is 14.3. The van der Waals surface area contributed by atoms with Gasteiger partial charge in [-0.3, -0.25) is 0 Å². The number of carbonyl (C=O) groups excluding carboxylic acids is 1. The summed E-state index contributed by atoms with van der Waals surface area (Å²) in [7, 11) is 0. The largest absolute Gasteiger partial charge is 0.444 e. The van der Waals surface area contributed by atoms with Gasteiger partial charge in [0.05, 0.1) is 0 Å². The maximum atomic E-state index is 11.6. The third kappa shape index (κ3) is 8.25. The Hall–Kier alpha value is -1.26. The predicted molar refractivity (Wildman–Crippen MR) is 91.5 cm³/mol. The molecule has 22 heavy (non-hydrogen) atoms. The van der Waals surface area contributed by atoms with E-state index in [0.717, 1.165) is 11.4 Å². The first-order chi connectivity index (χ1) is 10.2. The van der Waals surface area contributed by atoms with Crippen molar-refractivity contribution >= 4 is 17.7 Å². The van der Waals surface area contributed by atoms with Gasteiger partial charge in [-0.05, 0) is 58.7 Å². The molecule has 0 aliphatic rings. The van der Waals surface area contributed by atoms with Crippen molar-refractivity contribution in [1.29, 1.82) is 0 Å². The molecule has 2 atom stereocenters. The number of amides is 1. The van der Waals surface area contributed by atoms with E-state index in [1.807, 2.05) is 45.9 Å². The van der Waals surface area contributed by atoms with Gasteiger partial charge in [0, 0.05) is 23.7 Å². The van der Waals surface area contributed by atoms with Crippen molar-refractivity contribution in [2.24, 2.45) is 0 Å². The fraction of sp³-hybridized carbons (Fsp3) is 0.588. The molecular weight excluding hydrogens is 300 g/mol. The third-order valence-corrected chi connectivity index (χ3v) is 3.19. The van der Waals surface area contributed by atoms with E-state index in [4.69, 9.17) is 16.3 Å². The molecular formula is C17H27ClN2O2. The van der Waals surface area contributed by atoms with Gasteiger partial charge in [-0.2, -0.15) is 0 Å². The van der Waals surface area contributed by atoms with E-state index in [1.165, 1.54) is 5.56 Å². The molecule has 1 amide bonds. The number of hydrogen-bond acceptors (Lipinski definition) is 3. The monoisotopic (exact) mass is 326 g/mol. The van der Waals surface area contributed by atoms with Gasteiger partial charge >= 0.3 is 6.09 Å². The van der Waals surface area contributed by atoms with Gasteiger partial charge < -0.3 is 15.4 Å². The quantitative estimate of drug-likeness (QED) is 0.836. The highest BCUT2D eigenvalue weighted by Gasteiger charge is 2.16. The Labute approximate surface area is 138 Å². The number of nitrogens with one attached hydrogen (secondary N) is 2. The molecule has 5 heteroatoms. The van der Waals surface area contributed by atoms with Crippen molar-refractivity contribution in [2.45, 2.75) is 58.7 Å². The van der Waals surface area contributed by atoms with Gasteiger partial charge in [0.15, 0.2) is 0 Å². The second-order valence-electron chi connectivity index (χ2n) is 6.69. The van der Waals surface area contributed by atoms with Gasteiger partial charge in [-0.15, -0.1) is 0 Å². The van der Waals surface area contributed by atoms with Crippen molar-refractivity contribution in [3.63, 3.8) is 0 Å². The van der Waals surface area contributed by atoms with E-state index in [9.17, 15) is 4.79 Å². The molecule has 0 bridgehead atoms. The Morgan fingerprint density at radius 1 is 1.27 bits per heavy atom. The van der Waals surface area contributed by atoms with Crippen LogP contribution in [-0.2, 0) is 11.2 Å². The summed E-state index contributed by atoms with van der Waals surface area (Å²) in [6.45, 7) is 10.2. The van der Waals surface area contributed by atoms with Gasteiger partial charge in [-0.1, -0.05) is 23.7 Å². The van der Waals surface area contributed by atoms with Crippen LogP contribution in [0.3, 0.4) is 0 Å². The Balaban J connectivity index is 2.32. The van der Waals surface area contributed by atoms with Crippen LogP contribution in [0.5, 0.6) is 0 Å². The van der Waals surface area contributed by atoms with Crippen LogP contribution in [-0.4, -0.2) is 30.3 Å². The predicted octanol–water partition coefficient (Wildman–Crippen LogP) is 3.77. The molecule has 0 aromatic heterocycles. The average molecular weight is 327 g/mol. The molecule has 0 fully saturated rings. The molecule has 0 radical (unpaired) electrons. The van der Waals surface area contributed by atoms with Gasteiger partial charge in [-0.25, -0.2) is 4.79 Å². The number of benzene rings is 1. The zero-order valence-corrected chi connectivity index (χ0v) is 14.8. The molecule has 0 spiro atoms. The highest BCUT2D eigenvalue weighted by molar-refractivity contribution is 6.30. The summed E-state index contributed by atoms with van der Waals surface area (Å²) in [5, 5.41) is 6.98. The van der Waals surface area contributed by atoms with E-state index in [-0.39, 0.29) is 18.2 Å². The van der Waals surface area contributed by atoms with E-state index in [1.54, 1.807) is 0 Å². The fourth-order valence-electron chi connectivity index (χ4n) is 2.17. The Bertz CT molecular complexity index is 486. The smallest absolute Gasteiger partial charge is 0.407 e. The van der Waals surface area contributed by atoms with Crippen LogP contribution in [0, 0.1) is 0 Å². The second-order valence-corrected chi connectivity index (χ2v) is 7.12. The van der Waals surface area contributed by atoms with Crippen molar-refractivity contribution < 1.29 is 9.53 Å². The molecule has 4 nitrogen and oxygen atoms in total. The first kappa shape index (κ1) is 18.8. The lowest BCUT2D eigenvalue weighted by Gasteiger charge is -2.23. The van der Waals surface area contributed by atoms with Crippen LogP contribution in [0.2, 0.25) is 5.02 Å². The molecule has 0 aliphatic carbocycles. The molecule has 0 saturated carbocycles. The molecule has 0 heterocycles. The Kier molecular flexibility index (Phi) is 7.17. The Morgan fingerprint density at radius 2 is 1.95 bits per heavy atom. The molecule has 0 saturated heterocycles. The summed E-state index contributed by atoms with van der Waals surface area (Å²) < 4.78 is 5.21. The van der Waals surface area contributed by atoms with Crippen LogP contribution in [0.1, 0.15) is 40.2 Å². The van der Waals surface area contributed by atoms with Crippen LogP contribution < -0.4 is 10.6 Å². The molecule has 124 valence electrons. The van der Waals surface area contributed by atoms with Crippen LogP contribution >= 0.6 is 11.6 Å². The third-order valence-electron chi connectivity index (χ3n) is 2.95. The van der Waals surface area contributed by atoms with E-state index in [0.29, 0.717) is 6.54 Å². The first-order valence-corrected chi connectivity index (χ1v) is 8.01. The molecule has 2 unspecified atom stereocenters. The number of hydrogen-bond donors (Lipinski definition) is 2. The Morgan fingerprint density at radius 3 is 2.55 bits per heavy atom. The molecule has 1 aromatic rings. The van der Waals surface area contributed by atoms with E-state index in [2.05, 4.69) is 23.6 Å². The first-order valence-electron chi connectivity index (χ1n) is 7.63. The van der Waals surface area contributed by atoms with Crippen molar-refractivity contribution in [3.05, 3.63) is 34.9 Å². The van der Waals surface area contributed by atoms with Gasteiger partial charge in [0.25, 0.3) is 0 Å². The molecule has 0 aliphatic heterocycles. The number of carbonyl (C=O) groups is 1. The summed E-state index contributed by atoms with van der Waals surface area (Å²) in [6.07, 6.45) is 0.501. The highest BCUT2D eigenvalue weighted by atomic mass is 35.5. The van der Waals surface area contributed by atoms with Crippen LogP contribution in [0.15, 0.2) is 24.3 Å². The average Bonchev–Trinajstić information content (AvgIpc) is 2.34. The summed E-state index contributed by atoms with van der Waals surface area (Å²) >= 11 is 5.99. The summed E-state index contributed by atoms with van der Waals surface area (Å²) in [5.74, 6) is 0. The highest BCUT2D eigenvalue weighted by Crippen LogP contribution is 2.12. The number of alkyl carbamates (subject to hydrolysis) is 1. The lowest BCUT2D eigenvalue weighted by atomic mass is 10.1. The summed E-state index contributed by atoms with van der Waals surface area (Å²) in [5.41, 5.74) is 0.723. The molecule has 1 aromatic carbocycles. The lowest BCUT2D eigenvalue weighted by molar-refractivity contribution is 0.0522. The molecule has 2 N–H and O–H groups in total. The SMILES string of the molecule is CC(CNC(=O)OC(C)(C)C)NC(C)Cc1cccc(Cl)c1. The lowest BCUT2D eigenvalue weighted by Crippen LogP contribution is -2.44. The maximum absolute atomic E-state index is 11.6. The fourth-order valence-corrected chi connectivity index (χ4v) is 2.38. The van der Waals surface area contributed by atoms with Crippen molar-refractivity contribution in [3.8, 4) is 0 Å². The van der Waals surface area contributed by atoms with E-state index < -0.39 is 5.60 Å². The minimum absolute atomic E-state index is 0.154. The number of rotatable bonds is 6. The van der Waals surface area contributed by atoms with Crippen LogP contribution in [0.25, 0.3) is 0 Å². The topological polar surface area (TPSA) is 50.4 Å². The standard InChI is InChI=1S/C17H27ClN2O2/c1-12(9-14-7-6-8-15(18)10-14)20-13(2)11-19-16(21)22-17(3,4)5/h6-8,10,12-13,20H,9,11H2,1-5H3,(H,19,21). The summed E-state index contributed by atoms with van der Waals surface area (Å²) in [4.78, 5) is 11.6. The van der Waals surface area contributed by atoms with Crippen LogP contribution in [0.4, 0.5) is 4.79 Å². The molecule has 1 rings (SSSR count). The summed E-state index contributed by atoms with van der Waals surface area (Å²) in [6, 6.07) is 8.31. The van der Waals surface area contributed by atoms with Gasteiger partial charge in [0.2, 0.25) is 0 Å². The number of ether oxygens (including phenoxy) is 1. The maximum Gasteiger partial charge on any atom is 0.407 e. The minimum atomic E-state index is -0.472. The van der Waals surface area contributed by atoms with Gasteiger partial charge in [0.1, 0.15) is 5.60 Å². The number of halogens is 1.